The van der Waals surface area contributed by atoms with Crippen molar-refractivity contribution in [3.05, 3.63) is 65.2 Å². The number of carbonyl (C=O) groups excluding carboxylic acids is 1. The Morgan fingerprint density at radius 1 is 1.26 bits per heavy atom. The van der Waals surface area contributed by atoms with Crippen LogP contribution in [0.15, 0.2) is 54.1 Å². The molecule has 1 N–H and O–H groups in total. The van der Waals surface area contributed by atoms with Crippen LogP contribution in [0.25, 0.3) is 6.08 Å². The first-order valence-electron chi connectivity index (χ1n) is 7.33. The molecule has 2 rings (SSSR count). The molecule has 0 heterocycles. The number of nitriles is 1. The topological polar surface area (TPSA) is 62.1 Å². The number of anilines is 1. The molecule has 0 aliphatic rings. The van der Waals surface area contributed by atoms with Gasteiger partial charge in [-0.05, 0) is 41.8 Å². The quantitative estimate of drug-likeness (QED) is 0.675. The van der Waals surface area contributed by atoms with E-state index >= 15 is 0 Å². The summed E-state index contributed by atoms with van der Waals surface area (Å²) >= 11 is 0. The van der Waals surface area contributed by atoms with Crippen LogP contribution < -0.4 is 10.1 Å². The highest BCUT2D eigenvalue weighted by Gasteiger charge is 2.11. The van der Waals surface area contributed by atoms with Crippen LogP contribution >= 0.6 is 0 Å². The summed E-state index contributed by atoms with van der Waals surface area (Å²) in [5.41, 5.74) is 2.54. The molecular formula is C19H18N2O2. The zero-order valence-corrected chi connectivity index (χ0v) is 13.2. The first kappa shape index (κ1) is 16.3. The normalized spacial score (nSPS) is 10.7. The van der Waals surface area contributed by atoms with E-state index in [1.165, 1.54) is 0 Å². The van der Waals surface area contributed by atoms with E-state index in [2.05, 4.69) is 5.32 Å². The van der Waals surface area contributed by atoms with Crippen LogP contribution in [-0.4, -0.2) is 13.0 Å². The number of ether oxygens (including phenoxy) is 1. The third-order valence-electron chi connectivity index (χ3n) is 3.42. The monoisotopic (exact) mass is 306 g/mol. The number of aryl methyl sites for hydroxylation is 1. The fraction of sp³-hybridized carbons (Fsp3) is 0.158. The minimum Gasteiger partial charge on any atom is -0.497 e. The van der Waals surface area contributed by atoms with Crippen molar-refractivity contribution in [2.75, 3.05) is 12.4 Å². The van der Waals surface area contributed by atoms with Gasteiger partial charge in [-0.25, -0.2) is 0 Å². The van der Waals surface area contributed by atoms with Crippen molar-refractivity contribution in [3.8, 4) is 11.8 Å². The molecule has 2 aromatic carbocycles. The van der Waals surface area contributed by atoms with Crippen molar-refractivity contribution in [1.29, 1.82) is 5.26 Å². The van der Waals surface area contributed by atoms with Crippen molar-refractivity contribution in [3.63, 3.8) is 0 Å². The summed E-state index contributed by atoms with van der Waals surface area (Å²) in [6, 6.07) is 16.7. The predicted molar refractivity (Wildman–Crippen MR) is 91.0 cm³/mol. The van der Waals surface area contributed by atoms with Gasteiger partial charge < -0.3 is 10.1 Å². The number of nitrogens with one attached hydrogen (secondary N) is 1. The van der Waals surface area contributed by atoms with Crippen LogP contribution in [0.1, 0.15) is 18.1 Å². The number of hydrogen-bond acceptors (Lipinski definition) is 3. The van der Waals surface area contributed by atoms with Crippen molar-refractivity contribution in [2.45, 2.75) is 13.3 Å². The highest BCUT2D eigenvalue weighted by Crippen LogP contribution is 2.18. The highest BCUT2D eigenvalue weighted by atomic mass is 16.5. The first-order valence-corrected chi connectivity index (χ1v) is 7.33. The van der Waals surface area contributed by atoms with Gasteiger partial charge in [0.1, 0.15) is 17.4 Å². The molecule has 0 bridgehead atoms. The average molecular weight is 306 g/mol. The number of para-hydroxylation sites is 1. The van der Waals surface area contributed by atoms with Gasteiger partial charge in [-0.3, -0.25) is 4.79 Å². The second-order valence-electron chi connectivity index (χ2n) is 4.91. The molecule has 0 spiro atoms. The lowest BCUT2D eigenvalue weighted by molar-refractivity contribution is -0.112. The highest BCUT2D eigenvalue weighted by molar-refractivity contribution is 6.10. The lowest BCUT2D eigenvalue weighted by Crippen LogP contribution is -2.14. The van der Waals surface area contributed by atoms with Gasteiger partial charge in [-0.1, -0.05) is 37.3 Å². The number of benzene rings is 2. The maximum absolute atomic E-state index is 12.3. The Hall–Kier alpha value is -3.06. The number of rotatable bonds is 5. The van der Waals surface area contributed by atoms with Crippen molar-refractivity contribution < 1.29 is 9.53 Å². The summed E-state index contributed by atoms with van der Waals surface area (Å²) in [4.78, 5) is 12.3. The summed E-state index contributed by atoms with van der Waals surface area (Å²) in [5.74, 6) is 0.254. The van der Waals surface area contributed by atoms with Gasteiger partial charge in [0, 0.05) is 5.69 Å². The summed E-state index contributed by atoms with van der Waals surface area (Å²) in [6.07, 6.45) is 2.35. The minimum absolute atomic E-state index is 0.0455. The maximum Gasteiger partial charge on any atom is 0.266 e. The molecule has 2 aromatic rings. The maximum atomic E-state index is 12.3. The Kier molecular flexibility index (Phi) is 5.54. The summed E-state index contributed by atoms with van der Waals surface area (Å²) in [6.45, 7) is 2.02. The molecule has 0 saturated carbocycles. The number of nitrogens with zero attached hydrogens (tertiary/aromatic N) is 1. The fourth-order valence-corrected chi connectivity index (χ4v) is 2.19. The molecule has 0 aliphatic carbocycles. The zero-order chi connectivity index (χ0) is 16.7. The molecule has 4 heteroatoms. The molecule has 23 heavy (non-hydrogen) atoms. The molecular weight excluding hydrogens is 288 g/mol. The summed E-state index contributed by atoms with van der Waals surface area (Å²) < 4.78 is 5.14. The second kappa shape index (κ2) is 7.81. The molecule has 116 valence electrons. The van der Waals surface area contributed by atoms with E-state index in [1.54, 1.807) is 25.3 Å². The van der Waals surface area contributed by atoms with Crippen LogP contribution in [-0.2, 0) is 11.2 Å². The van der Waals surface area contributed by atoms with E-state index in [1.807, 2.05) is 49.4 Å². The molecule has 4 nitrogen and oxygen atoms in total. The largest absolute Gasteiger partial charge is 0.497 e. The molecule has 0 aromatic heterocycles. The van der Waals surface area contributed by atoms with Gasteiger partial charge >= 0.3 is 0 Å². The second-order valence-corrected chi connectivity index (χ2v) is 4.91. The minimum atomic E-state index is -0.420. The molecule has 0 unspecified atom stereocenters. The predicted octanol–water partition coefficient (Wildman–Crippen LogP) is 3.80. The molecule has 0 saturated heterocycles. The van der Waals surface area contributed by atoms with E-state index in [9.17, 15) is 10.1 Å². The number of hydrogen-bond donors (Lipinski definition) is 1. The Morgan fingerprint density at radius 3 is 2.74 bits per heavy atom. The summed E-state index contributed by atoms with van der Waals surface area (Å²) in [7, 11) is 1.57. The molecule has 1 amide bonds. The van der Waals surface area contributed by atoms with Gasteiger partial charge in [0.2, 0.25) is 0 Å². The van der Waals surface area contributed by atoms with Crippen LogP contribution in [0, 0.1) is 11.3 Å². The van der Waals surface area contributed by atoms with Gasteiger partial charge in [0.15, 0.2) is 0 Å². The third-order valence-corrected chi connectivity index (χ3v) is 3.42. The Bertz CT molecular complexity index is 773. The lowest BCUT2D eigenvalue weighted by Gasteiger charge is -2.09. The smallest absolute Gasteiger partial charge is 0.266 e. The van der Waals surface area contributed by atoms with Crippen LogP contribution in [0.2, 0.25) is 0 Å². The fourth-order valence-electron chi connectivity index (χ4n) is 2.19. The van der Waals surface area contributed by atoms with Crippen LogP contribution in [0.5, 0.6) is 5.75 Å². The Labute approximate surface area is 136 Å². The SMILES string of the molecule is CCc1ccccc1NC(=O)/C(C#N)=C/c1cccc(OC)c1. The van der Waals surface area contributed by atoms with Gasteiger partial charge in [0.25, 0.3) is 5.91 Å². The van der Waals surface area contributed by atoms with Gasteiger partial charge in [0.05, 0.1) is 7.11 Å². The van der Waals surface area contributed by atoms with Crippen LogP contribution in [0.3, 0.4) is 0 Å². The van der Waals surface area contributed by atoms with Gasteiger partial charge in [-0.15, -0.1) is 0 Å². The van der Waals surface area contributed by atoms with E-state index in [4.69, 9.17) is 4.74 Å². The lowest BCUT2D eigenvalue weighted by atomic mass is 10.1. The van der Waals surface area contributed by atoms with Gasteiger partial charge in [-0.2, -0.15) is 5.26 Å². The Balaban J connectivity index is 2.24. The number of methoxy groups -OCH3 is 1. The standard InChI is InChI=1S/C19H18N2O2/c1-3-15-8-4-5-10-18(15)21-19(22)16(13-20)11-14-7-6-9-17(12-14)23-2/h4-12H,3H2,1-2H3,(H,21,22)/b16-11+. The van der Waals surface area contributed by atoms with E-state index < -0.39 is 5.91 Å². The van der Waals surface area contributed by atoms with E-state index in [-0.39, 0.29) is 5.57 Å². The third kappa shape index (κ3) is 4.21. The van der Waals surface area contributed by atoms with Crippen molar-refractivity contribution >= 4 is 17.7 Å². The molecule has 0 aliphatic heterocycles. The van der Waals surface area contributed by atoms with E-state index in [0.29, 0.717) is 5.75 Å². The first-order chi connectivity index (χ1) is 11.2. The molecule has 0 fully saturated rings. The summed E-state index contributed by atoms with van der Waals surface area (Å²) in [5, 5.41) is 12.1. The van der Waals surface area contributed by atoms with E-state index in [0.717, 1.165) is 23.2 Å². The number of carbonyl (C=O) groups is 1. The number of amides is 1. The molecule has 0 atom stereocenters. The van der Waals surface area contributed by atoms with Crippen molar-refractivity contribution in [2.24, 2.45) is 0 Å². The van der Waals surface area contributed by atoms with Crippen molar-refractivity contribution in [1.82, 2.24) is 0 Å². The zero-order valence-electron chi connectivity index (χ0n) is 13.2. The Morgan fingerprint density at radius 2 is 2.04 bits per heavy atom. The molecule has 0 radical (unpaired) electrons. The van der Waals surface area contributed by atoms with Crippen LogP contribution in [0.4, 0.5) is 5.69 Å². The average Bonchev–Trinajstić information content (AvgIpc) is 2.60.